The Kier molecular flexibility index (Phi) is 7.79. The van der Waals surface area contributed by atoms with Crippen molar-refractivity contribution in [2.45, 2.75) is 5.75 Å². The maximum absolute atomic E-state index is 11.7. The molecule has 0 spiro atoms. The molecule has 0 atom stereocenters. The van der Waals surface area contributed by atoms with Crippen LogP contribution in [-0.4, -0.2) is 24.8 Å². The quantitative estimate of drug-likeness (QED) is 0.645. The van der Waals surface area contributed by atoms with Gasteiger partial charge in [-0.25, -0.2) is 0 Å². The van der Waals surface area contributed by atoms with Crippen LogP contribution in [0.25, 0.3) is 0 Å². The Morgan fingerprint density at radius 3 is 2.74 bits per heavy atom. The number of rotatable bonds is 8. The van der Waals surface area contributed by atoms with E-state index in [0.717, 1.165) is 21.0 Å². The van der Waals surface area contributed by atoms with Crippen LogP contribution in [-0.2, 0) is 10.5 Å². The number of benzene rings is 2. The first-order valence-electron chi connectivity index (χ1n) is 7.11. The van der Waals surface area contributed by atoms with Gasteiger partial charge < -0.3 is 10.1 Å². The van der Waals surface area contributed by atoms with Crippen molar-refractivity contribution in [1.82, 2.24) is 5.32 Å². The zero-order valence-corrected chi connectivity index (χ0v) is 15.6. The summed E-state index contributed by atoms with van der Waals surface area (Å²) in [5, 5.41) is 3.59. The summed E-state index contributed by atoms with van der Waals surface area (Å²) in [4.78, 5) is 11.7. The predicted octanol–water partition coefficient (Wildman–Crippen LogP) is 4.53. The number of amides is 1. The van der Waals surface area contributed by atoms with Crippen LogP contribution >= 0.6 is 39.3 Å². The molecule has 0 saturated heterocycles. The maximum atomic E-state index is 11.7. The van der Waals surface area contributed by atoms with Crippen molar-refractivity contribution >= 4 is 45.2 Å². The van der Waals surface area contributed by atoms with Crippen molar-refractivity contribution in [3.8, 4) is 5.75 Å². The van der Waals surface area contributed by atoms with Crippen LogP contribution in [0.15, 0.2) is 53.0 Å². The van der Waals surface area contributed by atoms with Crippen molar-refractivity contribution in [2.75, 3.05) is 18.9 Å². The molecular formula is C17H17BrClNO2S. The molecule has 0 fully saturated rings. The molecule has 0 radical (unpaired) electrons. The predicted molar refractivity (Wildman–Crippen MR) is 100 cm³/mol. The molecule has 2 aromatic rings. The van der Waals surface area contributed by atoms with Crippen LogP contribution < -0.4 is 10.1 Å². The van der Waals surface area contributed by atoms with Crippen LogP contribution in [0.1, 0.15) is 5.56 Å². The Balaban J connectivity index is 1.57. The van der Waals surface area contributed by atoms with Gasteiger partial charge in [-0.2, -0.15) is 11.8 Å². The molecule has 0 aliphatic rings. The normalized spacial score (nSPS) is 10.3. The zero-order chi connectivity index (χ0) is 16.5. The topological polar surface area (TPSA) is 38.3 Å². The van der Waals surface area contributed by atoms with E-state index in [-0.39, 0.29) is 12.5 Å². The Morgan fingerprint density at radius 2 is 2.00 bits per heavy atom. The molecule has 1 amide bonds. The summed E-state index contributed by atoms with van der Waals surface area (Å²) in [5.74, 6) is 2.32. The summed E-state index contributed by atoms with van der Waals surface area (Å²) in [7, 11) is 0. The number of carbonyl (C=O) groups is 1. The second-order valence-corrected chi connectivity index (χ2v) is 7.23. The third-order valence-electron chi connectivity index (χ3n) is 2.92. The van der Waals surface area contributed by atoms with Gasteiger partial charge in [-0.1, -0.05) is 45.7 Å². The van der Waals surface area contributed by atoms with Gasteiger partial charge >= 0.3 is 0 Å². The molecule has 2 rings (SSSR count). The molecule has 3 nitrogen and oxygen atoms in total. The van der Waals surface area contributed by atoms with Gasteiger partial charge in [-0.3, -0.25) is 4.79 Å². The maximum Gasteiger partial charge on any atom is 0.257 e. The minimum absolute atomic E-state index is 0.0261. The highest BCUT2D eigenvalue weighted by Crippen LogP contribution is 2.17. The van der Waals surface area contributed by atoms with Gasteiger partial charge in [0.15, 0.2) is 6.61 Å². The van der Waals surface area contributed by atoms with Crippen LogP contribution in [0.2, 0.25) is 5.02 Å². The molecule has 23 heavy (non-hydrogen) atoms. The van der Waals surface area contributed by atoms with E-state index in [2.05, 4.69) is 21.2 Å². The number of carbonyl (C=O) groups excluding carboxylic acids is 1. The van der Waals surface area contributed by atoms with Crippen molar-refractivity contribution < 1.29 is 9.53 Å². The summed E-state index contributed by atoms with van der Waals surface area (Å²) < 4.78 is 6.35. The average Bonchev–Trinajstić information content (AvgIpc) is 2.54. The summed E-state index contributed by atoms with van der Waals surface area (Å²) in [6.07, 6.45) is 0. The molecule has 0 saturated carbocycles. The van der Waals surface area contributed by atoms with E-state index >= 15 is 0 Å². The SMILES string of the molecule is O=C(COc1cccc(Br)c1)NCCSCc1ccc(Cl)cc1. The highest BCUT2D eigenvalue weighted by atomic mass is 79.9. The monoisotopic (exact) mass is 413 g/mol. The smallest absolute Gasteiger partial charge is 0.257 e. The molecule has 1 N–H and O–H groups in total. The van der Waals surface area contributed by atoms with Gasteiger partial charge in [-0.05, 0) is 35.9 Å². The van der Waals surface area contributed by atoms with E-state index < -0.39 is 0 Å². The number of nitrogens with one attached hydrogen (secondary N) is 1. The van der Waals surface area contributed by atoms with Crippen molar-refractivity contribution in [3.63, 3.8) is 0 Å². The van der Waals surface area contributed by atoms with Crippen molar-refractivity contribution in [3.05, 3.63) is 63.6 Å². The molecule has 6 heteroatoms. The Hall–Kier alpha value is -1.17. The van der Waals surface area contributed by atoms with Gasteiger partial charge in [-0.15, -0.1) is 0 Å². The average molecular weight is 415 g/mol. The minimum atomic E-state index is -0.114. The standard InChI is InChI=1S/C17H17BrClNO2S/c18-14-2-1-3-16(10-14)22-11-17(21)20-8-9-23-12-13-4-6-15(19)7-5-13/h1-7,10H,8-9,11-12H2,(H,20,21). The number of halogens is 2. The van der Waals surface area contributed by atoms with Crippen LogP contribution in [0.5, 0.6) is 5.75 Å². The second kappa shape index (κ2) is 9.85. The lowest BCUT2D eigenvalue weighted by atomic mass is 10.2. The molecule has 2 aromatic carbocycles. The molecule has 0 bridgehead atoms. The van der Waals surface area contributed by atoms with Crippen LogP contribution in [0, 0.1) is 0 Å². The summed E-state index contributed by atoms with van der Waals surface area (Å²) >= 11 is 11.0. The molecule has 0 aromatic heterocycles. The minimum Gasteiger partial charge on any atom is -0.484 e. The van der Waals surface area contributed by atoms with E-state index in [1.165, 1.54) is 5.56 Å². The second-order valence-electron chi connectivity index (χ2n) is 4.78. The number of ether oxygens (including phenoxy) is 1. The van der Waals surface area contributed by atoms with Crippen LogP contribution in [0.3, 0.4) is 0 Å². The number of hydrogen-bond acceptors (Lipinski definition) is 3. The lowest BCUT2D eigenvalue weighted by molar-refractivity contribution is -0.122. The zero-order valence-electron chi connectivity index (χ0n) is 12.4. The fourth-order valence-electron chi connectivity index (χ4n) is 1.79. The molecule has 0 aliphatic carbocycles. The number of hydrogen-bond donors (Lipinski definition) is 1. The van der Waals surface area contributed by atoms with E-state index in [9.17, 15) is 4.79 Å². The first-order valence-corrected chi connectivity index (χ1v) is 9.43. The van der Waals surface area contributed by atoms with E-state index in [4.69, 9.17) is 16.3 Å². The van der Waals surface area contributed by atoms with Gasteiger partial charge in [0.25, 0.3) is 5.91 Å². The Morgan fingerprint density at radius 1 is 1.22 bits per heavy atom. The van der Waals surface area contributed by atoms with Crippen molar-refractivity contribution in [1.29, 1.82) is 0 Å². The summed E-state index contributed by atoms with van der Waals surface area (Å²) in [5.41, 5.74) is 1.23. The van der Waals surface area contributed by atoms with E-state index in [1.807, 2.05) is 48.5 Å². The van der Waals surface area contributed by atoms with Crippen LogP contribution in [0.4, 0.5) is 0 Å². The van der Waals surface area contributed by atoms with E-state index in [1.54, 1.807) is 11.8 Å². The Bertz CT molecular complexity index is 637. The summed E-state index contributed by atoms with van der Waals surface area (Å²) in [6.45, 7) is 0.650. The lowest BCUT2D eigenvalue weighted by Crippen LogP contribution is -2.30. The first-order chi connectivity index (χ1) is 11.1. The van der Waals surface area contributed by atoms with Gasteiger partial charge in [0.2, 0.25) is 0 Å². The molecule has 0 heterocycles. The fraction of sp³-hybridized carbons (Fsp3) is 0.235. The lowest BCUT2D eigenvalue weighted by Gasteiger charge is -2.08. The third kappa shape index (κ3) is 7.29. The van der Waals surface area contributed by atoms with Gasteiger partial charge in [0.1, 0.15) is 5.75 Å². The highest BCUT2D eigenvalue weighted by molar-refractivity contribution is 9.10. The first kappa shape index (κ1) is 18.2. The van der Waals surface area contributed by atoms with Gasteiger partial charge in [0.05, 0.1) is 0 Å². The fourth-order valence-corrected chi connectivity index (χ4v) is 3.11. The van der Waals surface area contributed by atoms with Gasteiger partial charge in [0, 0.05) is 27.5 Å². The Labute approximate surface area is 153 Å². The third-order valence-corrected chi connectivity index (χ3v) is 4.69. The molecule has 0 unspecified atom stereocenters. The molecule has 122 valence electrons. The molecular weight excluding hydrogens is 398 g/mol. The largest absolute Gasteiger partial charge is 0.484 e. The number of thioether (sulfide) groups is 1. The highest BCUT2D eigenvalue weighted by Gasteiger charge is 2.02. The van der Waals surface area contributed by atoms with Crippen molar-refractivity contribution in [2.24, 2.45) is 0 Å². The summed E-state index contributed by atoms with van der Waals surface area (Å²) in [6, 6.07) is 15.2. The molecule has 0 aliphatic heterocycles. The van der Waals surface area contributed by atoms with E-state index in [0.29, 0.717) is 12.3 Å².